The fourth-order valence-corrected chi connectivity index (χ4v) is 3.02. The SMILES string of the molecule is O=C(CCC(=O)c1ccc2c(c1)CCC2)C(=O)OCc1ccccc1. The molecule has 0 spiro atoms. The molecule has 0 amide bonds. The summed E-state index contributed by atoms with van der Waals surface area (Å²) in [5.74, 6) is -1.66. The zero-order valence-electron chi connectivity index (χ0n) is 14.0. The van der Waals surface area contributed by atoms with Crippen molar-refractivity contribution in [3.05, 3.63) is 70.8 Å². The highest BCUT2D eigenvalue weighted by molar-refractivity contribution is 6.34. The fraction of sp³-hybridized carbons (Fsp3) is 0.286. The zero-order valence-corrected chi connectivity index (χ0v) is 14.0. The number of carbonyl (C=O) groups is 3. The van der Waals surface area contributed by atoms with E-state index in [4.69, 9.17) is 4.74 Å². The molecule has 0 heterocycles. The summed E-state index contributed by atoms with van der Waals surface area (Å²) in [5, 5.41) is 0. The van der Waals surface area contributed by atoms with Gasteiger partial charge in [-0.05, 0) is 42.0 Å². The van der Waals surface area contributed by atoms with Crippen LogP contribution in [0.1, 0.15) is 46.3 Å². The van der Waals surface area contributed by atoms with E-state index in [1.165, 1.54) is 11.1 Å². The summed E-state index contributed by atoms with van der Waals surface area (Å²) >= 11 is 0. The first kappa shape index (κ1) is 17.1. The molecule has 0 radical (unpaired) electrons. The second-order valence-corrected chi connectivity index (χ2v) is 6.25. The quantitative estimate of drug-likeness (QED) is 0.441. The van der Waals surface area contributed by atoms with Crippen LogP contribution >= 0.6 is 0 Å². The first-order valence-corrected chi connectivity index (χ1v) is 8.52. The largest absolute Gasteiger partial charge is 0.455 e. The summed E-state index contributed by atoms with van der Waals surface area (Å²) in [6.45, 7) is 0.0597. The molecule has 0 aromatic heterocycles. The van der Waals surface area contributed by atoms with E-state index in [1.807, 2.05) is 48.5 Å². The number of fused-ring (bicyclic) bond motifs is 1. The topological polar surface area (TPSA) is 60.4 Å². The molecule has 25 heavy (non-hydrogen) atoms. The number of benzene rings is 2. The van der Waals surface area contributed by atoms with Crippen LogP contribution in [0.2, 0.25) is 0 Å². The van der Waals surface area contributed by atoms with Gasteiger partial charge in [0.1, 0.15) is 6.61 Å². The maximum atomic E-state index is 12.2. The predicted octanol–water partition coefficient (Wildman–Crippen LogP) is 3.45. The molecule has 0 unspecified atom stereocenters. The lowest BCUT2D eigenvalue weighted by Gasteiger charge is -2.05. The number of ketones is 2. The summed E-state index contributed by atoms with van der Waals surface area (Å²) in [5.41, 5.74) is 3.96. The van der Waals surface area contributed by atoms with E-state index in [-0.39, 0.29) is 25.2 Å². The Hall–Kier alpha value is -2.75. The molecule has 0 saturated heterocycles. The Morgan fingerprint density at radius 2 is 1.64 bits per heavy atom. The Bertz CT molecular complexity index is 793. The van der Waals surface area contributed by atoms with Gasteiger partial charge in [0.05, 0.1) is 0 Å². The first-order valence-electron chi connectivity index (χ1n) is 8.52. The van der Waals surface area contributed by atoms with Crippen LogP contribution in [0.5, 0.6) is 0 Å². The smallest absolute Gasteiger partial charge is 0.374 e. The number of hydrogen-bond acceptors (Lipinski definition) is 4. The van der Waals surface area contributed by atoms with Crippen molar-refractivity contribution >= 4 is 17.5 Å². The monoisotopic (exact) mass is 336 g/mol. The van der Waals surface area contributed by atoms with Gasteiger partial charge in [0, 0.05) is 18.4 Å². The molecular weight excluding hydrogens is 316 g/mol. The molecule has 3 rings (SSSR count). The van der Waals surface area contributed by atoms with E-state index < -0.39 is 11.8 Å². The summed E-state index contributed by atoms with van der Waals surface area (Å²) in [7, 11) is 0. The molecule has 1 aliphatic carbocycles. The van der Waals surface area contributed by atoms with E-state index >= 15 is 0 Å². The normalized spacial score (nSPS) is 12.5. The van der Waals surface area contributed by atoms with Crippen LogP contribution in [0.25, 0.3) is 0 Å². The number of aryl methyl sites for hydroxylation is 2. The van der Waals surface area contributed by atoms with E-state index in [0.29, 0.717) is 5.56 Å². The number of carbonyl (C=O) groups excluding carboxylic acids is 3. The highest BCUT2D eigenvalue weighted by atomic mass is 16.5. The Morgan fingerprint density at radius 1 is 0.880 bits per heavy atom. The summed E-state index contributed by atoms with van der Waals surface area (Å²) in [6.07, 6.45) is 3.09. The molecule has 0 atom stereocenters. The van der Waals surface area contributed by atoms with Crippen LogP contribution in [0.15, 0.2) is 48.5 Å². The summed E-state index contributed by atoms with van der Waals surface area (Å²) in [4.78, 5) is 35.8. The van der Waals surface area contributed by atoms with Gasteiger partial charge in [-0.1, -0.05) is 42.5 Å². The molecular formula is C21H20O4. The Labute approximate surface area is 146 Å². The minimum absolute atomic E-state index is 0.0259. The van der Waals surface area contributed by atoms with E-state index in [1.54, 1.807) is 0 Å². The first-order chi connectivity index (χ1) is 12.1. The van der Waals surface area contributed by atoms with Gasteiger partial charge in [-0.2, -0.15) is 0 Å². The number of hydrogen-bond donors (Lipinski definition) is 0. The highest BCUT2D eigenvalue weighted by Crippen LogP contribution is 2.23. The van der Waals surface area contributed by atoms with Gasteiger partial charge in [-0.25, -0.2) is 4.79 Å². The van der Waals surface area contributed by atoms with E-state index in [9.17, 15) is 14.4 Å². The second kappa shape index (κ2) is 7.88. The lowest BCUT2D eigenvalue weighted by atomic mass is 10.0. The van der Waals surface area contributed by atoms with Crippen molar-refractivity contribution in [1.82, 2.24) is 0 Å². The molecule has 0 aliphatic heterocycles. The lowest BCUT2D eigenvalue weighted by molar-refractivity contribution is -0.154. The molecule has 1 aliphatic rings. The minimum Gasteiger partial charge on any atom is -0.455 e. The third kappa shape index (κ3) is 4.41. The number of Topliss-reactive ketones (excluding diaryl/α,β-unsaturated/α-hetero) is 2. The van der Waals surface area contributed by atoms with Gasteiger partial charge in [0.2, 0.25) is 5.78 Å². The molecule has 4 heteroatoms. The van der Waals surface area contributed by atoms with Crippen molar-refractivity contribution in [3.8, 4) is 0 Å². The summed E-state index contributed by atoms with van der Waals surface area (Å²) in [6, 6.07) is 14.9. The van der Waals surface area contributed by atoms with Crippen molar-refractivity contribution in [3.63, 3.8) is 0 Å². The van der Waals surface area contributed by atoms with Crippen molar-refractivity contribution in [2.75, 3.05) is 0 Å². The number of rotatable bonds is 7. The van der Waals surface area contributed by atoms with Gasteiger partial charge in [0.15, 0.2) is 5.78 Å². The average molecular weight is 336 g/mol. The zero-order chi connectivity index (χ0) is 17.6. The van der Waals surface area contributed by atoms with Crippen molar-refractivity contribution in [2.24, 2.45) is 0 Å². The average Bonchev–Trinajstić information content (AvgIpc) is 3.12. The second-order valence-electron chi connectivity index (χ2n) is 6.25. The Kier molecular flexibility index (Phi) is 5.39. The van der Waals surface area contributed by atoms with Crippen LogP contribution in [0.3, 0.4) is 0 Å². The van der Waals surface area contributed by atoms with E-state index in [2.05, 4.69) is 0 Å². The number of esters is 1. The van der Waals surface area contributed by atoms with Gasteiger partial charge < -0.3 is 4.74 Å². The molecule has 0 bridgehead atoms. The highest BCUT2D eigenvalue weighted by Gasteiger charge is 2.19. The molecule has 128 valence electrons. The van der Waals surface area contributed by atoms with E-state index in [0.717, 1.165) is 24.8 Å². The van der Waals surface area contributed by atoms with Crippen LogP contribution in [0, 0.1) is 0 Å². The van der Waals surface area contributed by atoms with Gasteiger partial charge in [-0.15, -0.1) is 0 Å². The van der Waals surface area contributed by atoms with Gasteiger partial charge >= 0.3 is 5.97 Å². The third-order valence-electron chi connectivity index (χ3n) is 4.44. The molecule has 0 fully saturated rings. The number of ether oxygens (including phenoxy) is 1. The van der Waals surface area contributed by atoms with Crippen LogP contribution in [0.4, 0.5) is 0 Å². The van der Waals surface area contributed by atoms with Crippen molar-refractivity contribution in [2.45, 2.75) is 38.7 Å². The maximum Gasteiger partial charge on any atom is 0.374 e. The fourth-order valence-electron chi connectivity index (χ4n) is 3.02. The Balaban J connectivity index is 1.48. The van der Waals surface area contributed by atoms with Crippen molar-refractivity contribution < 1.29 is 19.1 Å². The van der Waals surface area contributed by atoms with Crippen LogP contribution < -0.4 is 0 Å². The van der Waals surface area contributed by atoms with Crippen LogP contribution in [-0.4, -0.2) is 17.5 Å². The maximum absolute atomic E-state index is 12.2. The Morgan fingerprint density at radius 3 is 2.44 bits per heavy atom. The van der Waals surface area contributed by atoms with Gasteiger partial charge in [-0.3, -0.25) is 9.59 Å². The lowest BCUT2D eigenvalue weighted by Crippen LogP contribution is -2.18. The standard InChI is InChI=1S/C21H20O4/c22-19(18-10-9-16-7-4-8-17(16)13-18)11-12-20(23)21(24)25-14-15-5-2-1-3-6-15/h1-3,5-6,9-10,13H,4,7-8,11-12,14H2. The molecule has 2 aromatic rings. The van der Waals surface area contributed by atoms with Gasteiger partial charge in [0.25, 0.3) is 0 Å². The predicted molar refractivity (Wildman–Crippen MR) is 93.3 cm³/mol. The third-order valence-corrected chi connectivity index (χ3v) is 4.44. The molecule has 0 N–H and O–H groups in total. The minimum atomic E-state index is -0.884. The van der Waals surface area contributed by atoms with Crippen molar-refractivity contribution in [1.29, 1.82) is 0 Å². The molecule has 2 aromatic carbocycles. The summed E-state index contributed by atoms with van der Waals surface area (Å²) < 4.78 is 4.99. The molecule has 0 saturated carbocycles. The van der Waals surface area contributed by atoms with Crippen LogP contribution in [-0.2, 0) is 33.8 Å². The molecule has 4 nitrogen and oxygen atoms in total.